The highest BCUT2D eigenvalue weighted by molar-refractivity contribution is 7.88. The average molecular weight is 418 g/mol. The molecule has 29 heavy (non-hydrogen) atoms. The van der Waals surface area contributed by atoms with Gasteiger partial charge in [-0.25, -0.2) is 4.52 Å². The predicted octanol–water partition coefficient (Wildman–Crippen LogP) is 4.90. The van der Waals surface area contributed by atoms with Crippen LogP contribution in [0.2, 0.25) is 0 Å². The maximum absolute atomic E-state index is 13.0. The number of hydrogen-bond donors (Lipinski definition) is 0. The molecule has 0 radical (unpaired) electrons. The lowest BCUT2D eigenvalue weighted by molar-refractivity contribution is -0.0499. The summed E-state index contributed by atoms with van der Waals surface area (Å²) in [6, 6.07) is 20.2. The van der Waals surface area contributed by atoms with Crippen molar-refractivity contribution in [2.45, 2.75) is 5.51 Å². The van der Waals surface area contributed by atoms with E-state index in [0.717, 1.165) is 0 Å². The maximum Gasteiger partial charge on any atom is 0.534 e. The Labute approximate surface area is 164 Å². The molecule has 2 aromatic heterocycles. The zero-order valence-electron chi connectivity index (χ0n) is 14.7. The maximum atomic E-state index is 13.0. The van der Waals surface area contributed by atoms with Gasteiger partial charge in [0.2, 0.25) is 0 Å². The van der Waals surface area contributed by atoms with E-state index in [1.807, 2.05) is 0 Å². The SMILES string of the molecule is O=S(=O)(Oc1c(-c2ccccc2)c(-c2ccccc2)n2ncccc12)C(F)(F)F. The Balaban J connectivity index is 2.10. The molecule has 0 saturated heterocycles. The summed E-state index contributed by atoms with van der Waals surface area (Å²) in [7, 11) is -5.88. The summed E-state index contributed by atoms with van der Waals surface area (Å²) in [6.45, 7) is 0. The van der Waals surface area contributed by atoms with Gasteiger partial charge in [0.15, 0.2) is 5.75 Å². The molecule has 2 heterocycles. The Morgan fingerprint density at radius 1 is 0.828 bits per heavy atom. The van der Waals surface area contributed by atoms with Crippen LogP contribution < -0.4 is 4.18 Å². The van der Waals surface area contributed by atoms with Crippen LogP contribution in [0.5, 0.6) is 5.75 Å². The van der Waals surface area contributed by atoms with Gasteiger partial charge in [0.1, 0.15) is 5.52 Å². The van der Waals surface area contributed by atoms with E-state index in [1.54, 1.807) is 60.7 Å². The first-order chi connectivity index (χ1) is 13.8. The summed E-state index contributed by atoms with van der Waals surface area (Å²) in [5.74, 6) is -0.430. The van der Waals surface area contributed by atoms with Crippen LogP contribution in [0, 0.1) is 0 Å². The molecule has 148 valence electrons. The molecule has 2 aromatic carbocycles. The Bertz CT molecular complexity index is 1270. The summed E-state index contributed by atoms with van der Waals surface area (Å²) in [5.41, 5.74) is -3.73. The second kappa shape index (κ2) is 6.93. The monoisotopic (exact) mass is 418 g/mol. The minimum Gasteiger partial charge on any atom is -0.373 e. The molecule has 0 amide bonds. The van der Waals surface area contributed by atoms with Crippen molar-refractivity contribution in [2.75, 3.05) is 0 Å². The highest BCUT2D eigenvalue weighted by Crippen LogP contribution is 2.45. The molecule has 0 N–H and O–H groups in total. The topological polar surface area (TPSA) is 60.7 Å². The van der Waals surface area contributed by atoms with Crippen LogP contribution in [0.3, 0.4) is 0 Å². The van der Waals surface area contributed by atoms with Crippen molar-refractivity contribution in [3.63, 3.8) is 0 Å². The Morgan fingerprint density at radius 2 is 1.41 bits per heavy atom. The first-order valence-corrected chi connectivity index (χ1v) is 9.82. The Kier molecular flexibility index (Phi) is 4.54. The van der Waals surface area contributed by atoms with Crippen molar-refractivity contribution < 1.29 is 25.8 Å². The standard InChI is InChI=1S/C20H13F3N2O3S/c21-20(22,23)29(26,27)28-19-16-12-7-13-24-25(16)18(15-10-5-2-6-11-15)17(19)14-8-3-1-4-9-14/h1-13H. The third-order valence-corrected chi connectivity index (χ3v) is 5.20. The van der Waals surface area contributed by atoms with Gasteiger partial charge in [-0.3, -0.25) is 0 Å². The van der Waals surface area contributed by atoms with E-state index in [0.29, 0.717) is 16.8 Å². The predicted molar refractivity (Wildman–Crippen MR) is 102 cm³/mol. The molecule has 0 spiro atoms. The van der Waals surface area contributed by atoms with Crippen LogP contribution in [0.4, 0.5) is 13.2 Å². The molecule has 4 aromatic rings. The molecule has 0 unspecified atom stereocenters. The minimum absolute atomic E-state index is 0.0954. The smallest absolute Gasteiger partial charge is 0.373 e. The normalized spacial score (nSPS) is 12.2. The van der Waals surface area contributed by atoms with Crippen LogP contribution >= 0.6 is 0 Å². The van der Waals surface area contributed by atoms with E-state index in [4.69, 9.17) is 0 Å². The molecular weight excluding hydrogens is 405 g/mol. The molecule has 9 heteroatoms. The minimum atomic E-state index is -5.88. The van der Waals surface area contributed by atoms with Crippen LogP contribution in [0.25, 0.3) is 27.9 Å². The summed E-state index contributed by atoms with van der Waals surface area (Å²) in [4.78, 5) is 0. The van der Waals surface area contributed by atoms with Crippen LogP contribution in [0.15, 0.2) is 79.0 Å². The van der Waals surface area contributed by atoms with Crippen molar-refractivity contribution in [3.8, 4) is 28.1 Å². The van der Waals surface area contributed by atoms with Gasteiger partial charge < -0.3 is 4.18 Å². The molecule has 4 rings (SSSR count). The lowest BCUT2D eigenvalue weighted by atomic mass is 10.0. The van der Waals surface area contributed by atoms with Gasteiger partial charge in [-0.2, -0.15) is 26.7 Å². The Hall–Kier alpha value is -3.33. The lowest BCUT2D eigenvalue weighted by Gasteiger charge is -2.11. The average Bonchev–Trinajstić information content (AvgIpc) is 3.02. The van der Waals surface area contributed by atoms with Crippen LogP contribution in [0.1, 0.15) is 0 Å². The number of fused-ring (bicyclic) bond motifs is 1. The fourth-order valence-corrected chi connectivity index (χ4v) is 3.52. The molecule has 0 aliphatic heterocycles. The summed E-state index contributed by atoms with van der Waals surface area (Å²) in [5, 5.41) is 4.22. The highest BCUT2D eigenvalue weighted by atomic mass is 32.2. The highest BCUT2D eigenvalue weighted by Gasteiger charge is 2.49. The van der Waals surface area contributed by atoms with E-state index in [-0.39, 0.29) is 11.1 Å². The number of halogens is 3. The van der Waals surface area contributed by atoms with Gasteiger partial charge in [-0.05, 0) is 17.7 Å². The summed E-state index contributed by atoms with van der Waals surface area (Å²) < 4.78 is 68.8. The fraction of sp³-hybridized carbons (Fsp3) is 0.0500. The van der Waals surface area contributed by atoms with Crippen molar-refractivity contribution in [2.24, 2.45) is 0 Å². The van der Waals surface area contributed by atoms with Gasteiger partial charge in [0.25, 0.3) is 0 Å². The first-order valence-electron chi connectivity index (χ1n) is 8.41. The second-order valence-electron chi connectivity index (χ2n) is 6.09. The third-order valence-electron chi connectivity index (χ3n) is 4.24. The second-order valence-corrected chi connectivity index (χ2v) is 7.63. The fourth-order valence-electron chi connectivity index (χ4n) is 3.04. The van der Waals surface area contributed by atoms with Gasteiger partial charge in [0, 0.05) is 11.8 Å². The molecule has 0 aliphatic rings. The van der Waals surface area contributed by atoms with Gasteiger partial charge in [-0.15, -0.1) is 0 Å². The number of aromatic nitrogens is 2. The summed E-state index contributed by atoms with van der Waals surface area (Å²) >= 11 is 0. The van der Waals surface area contributed by atoms with Crippen molar-refractivity contribution in [1.29, 1.82) is 0 Å². The van der Waals surface area contributed by atoms with Gasteiger partial charge in [-0.1, -0.05) is 60.7 Å². The molecule has 0 fully saturated rings. The number of alkyl halides is 3. The van der Waals surface area contributed by atoms with Crippen LogP contribution in [-0.4, -0.2) is 23.5 Å². The lowest BCUT2D eigenvalue weighted by Crippen LogP contribution is -2.28. The number of benzene rings is 2. The van der Waals surface area contributed by atoms with Gasteiger partial charge >= 0.3 is 15.6 Å². The largest absolute Gasteiger partial charge is 0.534 e. The third kappa shape index (κ3) is 3.33. The van der Waals surface area contributed by atoms with Crippen molar-refractivity contribution in [3.05, 3.63) is 79.0 Å². The molecular formula is C20H13F3N2O3S. The van der Waals surface area contributed by atoms with E-state index in [1.165, 1.54) is 22.8 Å². The Morgan fingerprint density at radius 3 is 2.00 bits per heavy atom. The zero-order chi connectivity index (χ0) is 20.6. The van der Waals surface area contributed by atoms with Crippen molar-refractivity contribution >= 4 is 15.6 Å². The number of rotatable bonds is 4. The van der Waals surface area contributed by atoms with E-state index in [2.05, 4.69) is 9.28 Å². The quantitative estimate of drug-likeness (QED) is 0.350. The van der Waals surface area contributed by atoms with Gasteiger partial charge in [0.05, 0.1) is 11.3 Å². The number of nitrogens with zero attached hydrogens (tertiary/aromatic N) is 2. The summed E-state index contributed by atoms with van der Waals surface area (Å²) in [6.07, 6.45) is 1.45. The molecule has 0 bridgehead atoms. The molecule has 5 nitrogen and oxygen atoms in total. The number of hydrogen-bond acceptors (Lipinski definition) is 4. The van der Waals surface area contributed by atoms with Crippen molar-refractivity contribution in [1.82, 2.24) is 9.61 Å². The molecule has 0 atom stereocenters. The van der Waals surface area contributed by atoms with E-state index < -0.39 is 21.4 Å². The van der Waals surface area contributed by atoms with E-state index >= 15 is 0 Å². The molecule has 0 saturated carbocycles. The first kappa shape index (κ1) is 19.0. The van der Waals surface area contributed by atoms with E-state index in [9.17, 15) is 21.6 Å². The molecule has 0 aliphatic carbocycles. The zero-order valence-corrected chi connectivity index (χ0v) is 15.5. The van der Waals surface area contributed by atoms with Crippen LogP contribution in [-0.2, 0) is 10.1 Å².